The summed E-state index contributed by atoms with van der Waals surface area (Å²) in [5.74, 6) is 0.974. The molecular formula is C26H32F2N6O2. The Hall–Kier alpha value is -3.01. The van der Waals surface area contributed by atoms with Gasteiger partial charge < -0.3 is 14.5 Å². The van der Waals surface area contributed by atoms with Gasteiger partial charge in [-0.1, -0.05) is 12.2 Å². The van der Waals surface area contributed by atoms with Crippen LogP contribution in [0.3, 0.4) is 0 Å². The standard InChI is InChI=1S/C26H32F2N6O2/c1-16(35)32-8-5-23-22(14-32)26(30-34(23)19-6-9-36-15-19)33-7-3-4-17-10-20(18-12-29-31(2)13-18)21(25(27)28)11-24(17)33/h10-13,17,19,24-25H,3-9,14-15H2,1-2H3. The summed E-state index contributed by atoms with van der Waals surface area (Å²) < 4.78 is 38.1. The molecular weight excluding hydrogens is 466 g/mol. The van der Waals surface area contributed by atoms with Crippen molar-refractivity contribution in [2.24, 2.45) is 13.0 Å². The molecule has 1 aliphatic carbocycles. The minimum atomic E-state index is -2.59. The maximum atomic E-state index is 14.3. The summed E-state index contributed by atoms with van der Waals surface area (Å²) in [4.78, 5) is 16.3. The van der Waals surface area contributed by atoms with Gasteiger partial charge in [0, 0.05) is 74.6 Å². The van der Waals surface area contributed by atoms with Crippen molar-refractivity contribution in [2.75, 3.05) is 31.2 Å². The first-order valence-corrected chi connectivity index (χ1v) is 12.8. The van der Waals surface area contributed by atoms with Crippen LogP contribution in [-0.2, 0) is 29.5 Å². The highest BCUT2D eigenvalue weighted by atomic mass is 19.3. The molecule has 192 valence electrons. The molecule has 0 N–H and O–H groups in total. The second-order valence-corrected chi connectivity index (χ2v) is 10.3. The summed E-state index contributed by atoms with van der Waals surface area (Å²) in [5.41, 5.74) is 3.57. The average Bonchev–Trinajstić information content (AvgIpc) is 3.62. The van der Waals surface area contributed by atoms with Crippen LogP contribution in [0.15, 0.2) is 30.1 Å². The van der Waals surface area contributed by atoms with Crippen molar-refractivity contribution in [2.45, 2.75) is 57.7 Å². The zero-order chi connectivity index (χ0) is 25.0. The summed E-state index contributed by atoms with van der Waals surface area (Å²) in [6, 6.07) is -0.0317. The third kappa shape index (κ3) is 3.95. The highest BCUT2D eigenvalue weighted by Crippen LogP contribution is 2.42. The SMILES string of the molecule is CC(=O)N1CCc2c(c(N3CCCC4C=C(c5cnn(C)c5)C(C(F)F)=CC43)nn2C2CCOC2)C1. The van der Waals surface area contributed by atoms with E-state index in [9.17, 15) is 13.6 Å². The molecule has 3 atom stereocenters. The molecule has 3 aliphatic heterocycles. The van der Waals surface area contributed by atoms with Gasteiger partial charge in [-0.05, 0) is 24.8 Å². The van der Waals surface area contributed by atoms with Crippen LogP contribution >= 0.6 is 0 Å². The number of amides is 1. The van der Waals surface area contributed by atoms with Crippen molar-refractivity contribution >= 4 is 17.3 Å². The van der Waals surface area contributed by atoms with Crippen LogP contribution in [-0.4, -0.2) is 69.1 Å². The number of carbonyl (C=O) groups is 1. The molecule has 8 nitrogen and oxygen atoms in total. The van der Waals surface area contributed by atoms with Gasteiger partial charge in [-0.25, -0.2) is 8.78 Å². The number of hydrogen-bond acceptors (Lipinski definition) is 5. The normalized spacial score (nSPS) is 26.1. The number of halogens is 2. The summed E-state index contributed by atoms with van der Waals surface area (Å²) in [6.07, 6.45) is 8.15. The fourth-order valence-corrected chi connectivity index (χ4v) is 6.23. The second kappa shape index (κ2) is 9.14. The Kier molecular flexibility index (Phi) is 5.94. The number of aromatic nitrogens is 4. The molecule has 4 aliphatic rings. The lowest BCUT2D eigenvalue weighted by molar-refractivity contribution is -0.129. The summed E-state index contributed by atoms with van der Waals surface area (Å²) in [7, 11) is 1.79. The predicted octanol–water partition coefficient (Wildman–Crippen LogP) is 3.36. The van der Waals surface area contributed by atoms with Crippen LogP contribution in [0.5, 0.6) is 0 Å². The van der Waals surface area contributed by atoms with Crippen molar-refractivity contribution in [1.29, 1.82) is 0 Å². The Morgan fingerprint density at radius 3 is 2.78 bits per heavy atom. The van der Waals surface area contributed by atoms with Crippen molar-refractivity contribution < 1.29 is 18.3 Å². The first-order chi connectivity index (χ1) is 17.4. The zero-order valence-corrected chi connectivity index (χ0v) is 20.7. The third-order valence-electron chi connectivity index (χ3n) is 8.06. The Labute approximate surface area is 209 Å². The van der Waals surface area contributed by atoms with Crippen LogP contribution in [0.25, 0.3) is 5.57 Å². The number of hydrogen-bond donors (Lipinski definition) is 0. The summed E-state index contributed by atoms with van der Waals surface area (Å²) in [6.45, 7) is 4.85. The van der Waals surface area contributed by atoms with E-state index in [2.05, 4.69) is 14.7 Å². The first kappa shape index (κ1) is 23.4. The molecule has 5 heterocycles. The van der Waals surface area contributed by atoms with Gasteiger partial charge in [-0.15, -0.1) is 0 Å². The highest BCUT2D eigenvalue weighted by Gasteiger charge is 2.39. The number of allylic oxidation sites excluding steroid dienone is 2. The first-order valence-electron chi connectivity index (χ1n) is 12.8. The Balaban J connectivity index is 1.41. The highest BCUT2D eigenvalue weighted by molar-refractivity contribution is 5.81. The smallest absolute Gasteiger partial charge is 0.264 e. The van der Waals surface area contributed by atoms with E-state index in [4.69, 9.17) is 9.84 Å². The van der Waals surface area contributed by atoms with Gasteiger partial charge >= 0.3 is 0 Å². The van der Waals surface area contributed by atoms with Crippen LogP contribution in [0.1, 0.15) is 49.0 Å². The fraction of sp³-hybridized carbons (Fsp3) is 0.577. The van der Waals surface area contributed by atoms with Crippen molar-refractivity contribution in [3.8, 4) is 0 Å². The molecule has 1 amide bonds. The number of ether oxygens (including phenoxy) is 1. The molecule has 2 aromatic rings. The third-order valence-corrected chi connectivity index (χ3v) is 8.06. The molecule has 36 heavy (non-hydrogen) atoms. The van der Waals surface area contributed by atoms with E-state index in [0.717, 1.165) is 54.9 Å². The van der Waals surface area contributed by atoms with Gasteiger partial charge in [0.25, 0.3) is 6.43 Å². The van der Waals surface area contributed by atoms with Gasteiger partial charge in [0.1, 0.15) is 0 Å². The van der Waals surface area contributed by atoms with E-state index in [1.54, 1.807) is 37.1 Å². The van der Waals surface area contributed by atoms with E-state index in [1.807, 2.05) is 11.0 Å². The number of alkyl halides is 2. The predicted molar refractivity (Wildman–Crippen MR) is 131 cm³/mol. The van der Waals surface area contributed by atoms with Gasteiger partial charge in [-0.3, -0.25) is 14.2 Å². The van der Waals surface area contributed by atoms with Crippen molar-refractivity contribution in [3.63, 3.8) is 0 Å². The number of fused-ring (bicyclic) bond motifs is 2. The molecule has 0 spiro atoms. The monoisotopic (exact) mass is 498 g/mol. The number of piperidine rings is 1. The van der Waals surface area contributed by atoms with Gasteiger partial charge in [0.2, 0.25) is 5.91 Å². The Morgan fingerprint density at radius 1 is 1.22 bits per heavy atom. The van der Waals surface area contributed by atoms with Crippen LogP contribution in [0.2, 0.25) is 0 Å². The van der Waals surface area contributed by atoms with Gasteiger partial charge in [-0.2, -0.15) is 10.2 Å². The number of anilines is 1. The number of nitrogens with zero attached hydrogens (tertiary/aromatic N) is 6. The lowest BCUT2D eigenvalue weighted by Crippen LogP contribution is -2.46. The minimum absolute atomic E-state index is 0.0432. The maximum absolute atomic E-state index is 14.3. The molecule has 6 rings (SSSR count). The Morgan fingerprint density at radius 2 is 2.08 bits per heavy atom. The maximum Gasteiger partial charge on any atom is 0.264 e. The fourth-order valence-electron chi connectivity index (χ4n) is 6.23. The van der Waals surface area contributed by atoms with Gasteiger partial charge in [0.15, 0.2) is 5.82 Å². The average molecular weight is 499 g/mol. The molecule has 3 unspecified atom stereocenters. The molecule has 0 radical (unpaired) electrons. The van der Waals surface area contributed by atoms with E-state index in [1.165, 1.54) is 0 Å². The van der Waals surface area contributed by atoms with Crippen LogP contribution in [0, 0.1) is 5.92 Å². The van der Waals surface area contributed by atoms with Crippen LogP contribution < -0.4 is 4.90 Å². The molecule has 10 heteroatoms. The molecule has 0 bridgehead atoms. The minimum Gasteiger partial charge on any atom is -0.379 e. The molecule has 0 aromatic carbocycles. The number of rotatable bonds is 4. The zero-order valence-electron chi connectivity index (χ0n) is 20.7. The summed E-state index contributed by atoms with van der Waals surface area (Å²) in [5, 5.41) is 9.31. The number of aryl methyl sites for hydroxylation is 1. The number of carbonyl (C=O) groups excluding carboxylic acids is 1. The topological polar surface area (TPSA) is 68.4 Å². The second-order valence-electron chi connectivity index (χ2n) is 10.3. The van der Waals surface area contributed by atoms with E-state index >= 15 is 0 Å². The Bertz CT molecular complexity index is 1230. The molecule has 2 fully saturated rings. The van der Waals surface area contributed by atoms with E-state index in [0.29, 0.717) is 31.9 Å². The molecule has 2 saturated heterocycles. The quantitative estimate of drug-likeness (QED) is 0.647. The lowest BCUT2D eigenvalue weighted by atomic mass is 9.79. The molecule has 0 saturated carbocycles. The van der Waals surface area contributed by atoms with E-state index < -0.39 is 6.43 Å². The largest absolute Gasteiger partial charge is 0.379 e. The van der Waals surface area contributed by atoms with E-state index in [-0.39, 0.29) is 29.5 Å². The van der Waals surface area contributed by atoms with Crippen LogP contribution in [0.4, 0.5) is 14.6 Å². The lowest BCUT2D eigenvalue weighted by Gasteiger charge is -2.42. The van der Waals surface area contributed by atoms with Crippen molar-refractivity contribution in [1.82, 2.24) is 24.5 Å². The summed E-state index contributed by atoms with van der Waals surface area (Å²) >= 11 is 0. The van der Waals surface area contributed by atoms with Gasteiger partial charge in [0.05, 0.1) is 31.4 Å². The molecule has 2 aromatic heterocycles. The van der Waals surface area contributed by atoms with Crippen molar-refractivity contribution in [3.05, 3.63) is 46.9 Å².